The van der Waals surface area contributed by atoms with Crippen molar-refractivity contribution >= 4 is 21.6 Å². The topological polar surface area (TPSA) is 48.1 Å². The van der Waals surface area contributed by atoms with Crippen LogP contribution in [0.5, 0.6) is 5.75 Å². The number of aromatic nitrogens is 1. The molecule has 102 valence electrons. The van der Waals surface area contributed by atoms with Crippen molar-refractivity contribution in [1.82, 2.24) is 4.98 Å². The van der Waals surface area contributed by atoms with Crippen LogP contribution in [0.2, 0.25) is 0 Å². The molecule has 1 aromatic heterocycles. The number of para-hydroxylation sites is 1. The molecule has 0 aliphatic heterocycles. The summed E-state index contributed by atoms with van der Waals surface area (Å²) in [6.45, 7) is 2.45. The number of nitrogens with two attached hydrogens (primary N) is 1. The summed E-state index contributed by atoms with van der Waals surface area (Å²) in [4.78, 5) is 4.55. The van der Waals surface area contributed by atoms with E-state index in [1.54, 1.807) is 11.3 Å². The zero-order valence-electron chi connectivity index (χ0n) is 11.2. The predicted molar refractivity (Wildman–Crippen MR) is 83.0 cm³/mol. The summed E-state index contributed by atoms with van der Waals surface area (Å²) in [5, 5.41) is 0.984. The van der Waals surface area contributed by atoms with Crippen LogP contribution < -0.4 is 10.5 Å². The summed E-state index contributed by atoms with van der Waals surface area (Å²) in [6.07, 6.45) is 0. The molecule has 4 heteroatoms. The van der Waals surface area contributed by atoms with Crippen molar-refractivity contribution in [3.8, 4) is 5.75 Å². The zero-order valence-corrected chi connectivity index (χ0v) is 12.1. The molecule has 0 fully saturated rings. The first-order valence-electron chi connectivity index (χ1n) is 6.55. The standard InChI is InChI=1S/C16H16N2OS/c1-11(17)12-5-4-6-13(9-12)19-10-16-18-14-7-2-3-8-15(14)20-16/h2-9,11H,10,17H2,1H3/t11-/m1/s1. The predicted octanol–water partition coefficient (Wildman–Crippen LogP) is 3.90. The second-order valence-electron chi connectivity index (χ2n) is 4.73. The maximum absolute atomic E-state index is 5.88. The number of hydrogen-bond donors (Lipinski definition) is 1. The van der Waals surface area contributed by atoms with Gasteiger partial charge < -0.3 is 10.5 Å². The Balaban J connectivity index is 1.74. The molecule has 0 amide bonds. The van der Waals surface area contributed by atoms with Crippen molar-refractivity contribution in [2.75, 3.05) is 0 Å². The van der Waals surface area contributed by atoms with Gasteiger partial charge in [0.05, 0.1) is 10.2 Å². The van der Waals surface area contributed by atoms with Gasteiger partial charge in [-0.15, -0.1) is 11.3 Å². The van der Waals surface area contributed by atoms with Gasteiger partial charge in [0, 0.05) is 6.04 Å². The molecular weight excluding hydrogens is 268 g/mol. The van der Waals surface area contributed by atoms with E-state index in [1.807, 2.05) is 49.4 Å². The number of hydrogen-bond acceptors (Lipinski definition) is 4. The van der Waals surface area contributed by atoms with Crippen LogP contribution >= 0.6 is 11.3 Å². The largest absolute Gasteiger partial charge is 0.486 e. The first-order chi connectivity index (χ1) is 9.72. The molecule has 0 spiro atoms. The van der Waals surface area contributed by atoms with Gasteiger partial charge in [-0.3, -0.25) is 0 Å². The highest BCUT2D eigenvalue weighted by atomic mass is 32.1. The van der Waals surface area contributed by atoms with Crippen LogP contribution in [0, 0.1) is 0 Å². The van der Waals surface area contributed by atoms with Gasteiger partial charge >= 0.3 is 0 Å². The van der Waals surface area contributed by atoms with Crippen LogP contribution in [0.4, 0.5) is 0 Å². The van der Waals surface area contributed by atoms with E-state index in [0.717, 1.165) is 21.8 Å². The third-order valence-electron chi connectivity index (χ3n) is 3.08. The van der Waals surface area contributed by atoms with Gasteiger partial charge in [-0.25, -0.2) is 4.98 Å². The second kappa shape index (κ2) is 5.61. The Kier molecular flexibility index (Phi) is 3.67. The van der Waals surface area contributed by atoms with Gasteiger partial charge in [0.1, 0.15) is 17.4 Å². The van der Waals surface area contributed by atoms with E-state index >= 15 is 0 Å². The molecule has 0 saturated carbocycles. The molecule has 0 aliphatic rings. The van der Waals surface area contributed by atoms with E-state index < -0.39 is 0 Å². The van der Waals surface area contributed by atoms with Crippen LogP contribution in [-0.4, -0.2) is 4.98 Å². The van der Waals surface area contributed by atoms with Crippen molar-refractivity contribution in [3.63, 3.8) is 0 Å². The number of ether oxygens (including phenoxy) is 1. The van der Waals surface area contributed by atoms with Gasteiger partial charge in [0.2, 0.25) is 0 Å². The molecule has 0 radical (unpaired) electrons. The number of fused-ring (bicyclic) bond motifs is 1. The highest BCUT2D eigenvalue weighted by Gasteiger charge is 2.05. The highest BCUT2D eigenvalue weighted by Crippen LogP contribution is 2.23. The minimum Gasteiger partial charge on any atom is -0.486 e. The van der Waals surface area contributed by atoms with E-state index in [1.165, 1.54) is 4.70 Å². The minimum absolute atomic E-state index is 0.0148. The minimum atomic E-state index is 0.0148. The molecule has 0 bridgehead atoms. The average Bonchev–Trinajstić information content (AvgIpc) is 2.88. The molecular formula is C16H16N2OS. The molecule has 2 N–H and O–H groups in total. The third kappa shape index (κ3) is 2.81. The van der Waals surface area contributed by atoms with Crippen LogP contribution in [0.15, 0.2) is 48.5 Å². The molecule has 3 nitrogen and oxygen atoms in total. The monoisotopic (exact) mass is 284 g/mol. The molecule has 0 saturated heterocycles. The van der Waals surface area contributed by atoms with Crippen molar-refractivity contribution in [3.05, 3.63) is 59.1 Å². The number of benzene rings is 2. The Hall–Kier alpha value is -1.91. The maximum Gasteiger partial charge on any atom is 0.140 e. The summed E-state index contributed by atoms with van der Waals surface area (Å²) < 4.78 is 7.00. The first kappa shape index (κ1) is 13.1. The fourth-order valence-corrected chi connectivity index (χ4v) is 2.89. The van der Waals surface area contributed by atoms with E-state index in [0.29, 0.717) is 6.61 Å². The van der Waals surface area contributed by atoms with E-state index in [2.05, 4.69) is 11.1 Å². The maximum atomic E-state index is 5.88. The fourth-order valence-electron chi connectivity index (χ4n) is 2.01. The van der Waals surface area contributed by atoms with E-state index in [4.69, 9.17) is 10.5 Å². The summed E-state index contributed by atoms with van der Waals surface area (Å²) in [6, 6.07) is 16.0. The lowest BCUT2D eigenvalue weighted by atomic mass is 10.1. The van der Waals surface area contributed by atoms with Crippen LogP contribution in [-0.2, 0) is 6.61 Å². The summed E-state index contributed by atoms with van der Waals surface area (Å²) in [5.41, 5.74) is 7.98. The summed E-state index contributed by atoms with van der Waals surface area (Å²) in [5.74, 6) is 0.832. The van der Waals surface area contributed by atoms with Crippen molar-refractivity contribution in [2.45, 2.75) is 19.6 Å². The Bertz CT molecular complexity index is 688. The smallest absolute Gasteiger partial charge is 0.140 e. The Labute approximate surface area is 122 Å². The first-order valence-corrected chi connectivity index (χ1v) is 7.37. The SMILES string of the molecule is C[C@@H](N)c1cccc(OCc2nc3ccccc3s2)c1. The van der Waals surface area contributed by atoms with Gasteiger partial charge in [-0.1, -0.05) is 24.3 Å². The number of nitrogens with zero attached hydrogens (tertiary/aromatic N) is 1. The molecule has 3 aromatic rings. The molecule has 1 heterocycles. The van der Waals surface area contributed by atoms with Gasteiger partial charge in [-0.05, 0) is 36.8 Å². The van der Waals surface area contributed by atoms with Crippen LogP contribution in [0.25, 0.3) is 10.2 Å². The molecule has 0 unspecified atom stereocenters. The Morgan fingerprint density at radius 1 is 1.20 bits per heavy atom. The Morgan fingerprint density at radius 2 is 2.05 bits per heavy atom. The molecule has 1 atom stereocenters. The molecule has 2 aromatic carbocycles. The van der Waals surface area contributed by atoms with Crippen LogP contribution in [0.1, 0.15) is 23.5 Å². The molecule has 20 heavy (non-hydrogen) atoms. The van der Waals surface area contributed by atoms with Gasteiger partial charge in [0.15, 0.2) is 0 Å². The van der Waals surface area contributed by atoms with Crippen LogP contribution in [0.3, 0.4) is 0 Å². The average molecular weight is 284 g/mol. The number of thiazole rings is 1. The van der Waals surface area contributed by atoms with Crippen molar-refractivity contribution in [1.29, 1.82) is 0 Å². The zero-order chi connectivity index (χ0) is 13.9. The van der Waals surface area contributed by atoms with E-state index in [9.17, 15) is 0 Å². The molecule has 0 aliphatic carbocycles. The van der Waals surface area contributed by atoms with E-state index in [-0.39, 0.29) is 6.04 Å². The van der Waals surface area contributed by atoms with Crippen molar-refractivity contribution in [2.24, 2.45) is 5.73 Å². The van der Waals surface area contributed by atoms with Gasteiger partial charge in [0.25, 0.3) is 0 Å². The summed E-state index contributed by atoms with van der Waals surface area (Å²) >= 11 is 1.67. The fraction of sp³-hybridized carbons (Fsp3) is 0.188. The lowest BCUT2D eigenvalue weighted by Gasteiger charge is -2.08. The highest BCUT2D eigenvalue weighted by molar-refractivity contribution is 7.18. The van der Waals surface area contributed by atoms with Gasteiger partial charge in [-0.2, -0.15) is 0 Å². The lowest BCUT2D eigenvalue weighted by molar-refractivity contribution is 0.305. The third-order valence-corrected chi connectivity index (χ3v) is 4.09. The van der Waals surface area contributed by atoms with Crippen molar-refractivity contribution < 1.29 is 4.74 Å². The quantitative estimate of drug-likeness (QED) is 0.790. The summed E-state index contributed by atoms with van der Waals surface area (Å²) in [7, 11) is 0. The lowest BCUT2D eigenvalue weighted by Crippen LogP contribution is -2.05. The second-order valence-corrected chi connectivity index (χ2v) is 5.84. The normalized spacial score (nSPS) is 12.5. The molecule has 3 rings (SSSR count). The number of rotatable bonds is 4. The Morgan fingerprint density at radius 3 is 2.85 bits per heavy atom.